The lowest BCUT2D eigenvalue weighted by Gasteiger charge is -2.21. The first-order valence-corrected chi connectivity index (χ1v) is 47.1. The molecule has 0 spiro atoms. The second-order valence-electron chi connectivity index (χ2n) is 31.1. The van der Waals surface area contributed by atoms with E-state index in [0.717, 1.165) is 95.8 Å². The Bertz CT molecular complexity index is 1980. The summed E-state index contributed by atoms with van der Waals surface area (Å²) in [4.78, 5) is 73.2. The SMILES string of the molecule is CCCCCCCCCCCCCCCCCCCCCC(=O)O[C@H](COC(=O)CCCCCCCCCCCCCCCCC(C)C)COP(=O)(O)OC[C@@H](O)COP(=O)(O)OC[C@@H](COC(=O)CCCCCCCCCCCCCC)OC(=O)CCCCCCCCCCCCCCCCCC. The Morgan fingerprint density at radius 2 is 0.442 bits per heavy atom. The van der Waals surface area contributed by atoms with Gasteiger partial charge in [-0.2, -0.15) is 0 Å². The molecular formula is C85H166O17P2. The lowest BCUT2D eigenvalue weighted by Crippen LogP contribution is -2.30. The van der Waals surface area contributed by atoms with Crippen LogP contribution in [0.3, 0.4) is 0 Å². The fourth-order valence-electron chi connectivity index (χ4n) is 13.3. The van der Waals surface area contributed by atoms with E-state index in [2.05, 4.69) is 34.6 Å². The molecule has 104 heavy (non-hydrogen) atoms. The molecule has 3 N–H and O–H groups in total. The summed E-state index contributed by atoms with van der Waals surface area (Å²) < 4.78 is 68.9. The van der Waals surface area contributed by atoms with Gasteiger partial charge in [0, 0.05) is 25.7 Å². The van der Waals surface area contributed by atoms with E-state index in [1.165, 1.54) is 283 Å². The first-order valence-electron chi connectivity index (χ1n) is 44.1. The lowest BCUT2D eigenvalue weighted by molar-refractivity contribution is -0.161. The Labute approximate surface area is 638 Å². The molecule has 2 unspecified atom stereocenters. The van der Waals surface area contributed by atoms with Gasteiger partial charge in [0.05, 0.1) is 26.4 Å². The van der Waals surface area contributed by atoms with Crippen LogP contribution in [0.4, 0.5) is 0 Å². The Morgan fingerprint density at radius 1 is 0.260 bits per heavy atom. The molecule has 17 nitrogen and oxygen atoms in total. The number of ether oxygens (including phenoxy) is 4. The largest absolute Gasteiger partial charge is 0.472 e. The van der Waals surface area contributed by atoms with E-state index in [1.54, 1.807) is 0 Å². The molecule has 0 aliphatic heterocycles. The number of unbranched alkanes of at least 4 members (excludes halogenated alkanes) is 57. The Hall–Kier alpha value is -1.94. The number of phosphoric ester groups is 2. The average molecular weight is 1520 g/mol. The van der Waals surface area contributed by atoms with Crippen LogP contribution in [0.15, 0.2) is 0 Å². The molecule has 5 atom stereocenters. The summed E-state index contributed by atoms with van der Waals surface area (Å²) in [5.41, 5.74) is 0. The molecule has 0 aromatic carbocycles. The van der Waals surface area contributed by atoms with Gasteiger partial charge < -0.3 is 33.8 Å². The van der Waals surface area contributed by atoms with Gasteiger partial charge in [-0.25, -0.2) is 9.13 Å². The highest BCUT2D eigenvalue weighted by Gasteiger charge is 2.30. The minimum absolute atomic E-state index is 0.109. The number of aliphatic hydroxyl groups is 1. The van der Waals surface area contributed by atoms with E-state index in [1.807, 2.05) is 0 Å². The van der Waals surface area contributed by atoms with Gasteiger partial charge in [-0.3, -0.25) is 37.3 Å². The van der Waals surface area contributed by atoms with Crippen LogP contribution in [-0.2, 0) is 65.4 Å². The topological polar surface area (TPSA) is 237 Å². The predicted octanol–water partition coefficient (Wildman–Crippen LogP) is 26.0. The minimum atomic E-state index is -4.96. The van der Waals surface area contributed by atoms with Crippen molar-refractivity contribution < 1.29 is 80.2 Å². The summed E-state index contributed by atoms with van der Waals surface area (Å²) in [6.45, 7) is 7.39. The van der Waals surface area contributed by atoms with Gasteiger partial charge in [0.2, 0.25) is 0 Å². The summed E-state index contributed by atoms with van der Waals surface area (Å²) in [6, 6.07) is 0. The molecule has 0 fully saturated rings. The first-order chi connectivity index (χ1) is 50.5. The highest BCUT2D eigenvalue weighted by Crippen LogP contribution is 2.45. The summed E-state index contributed by atoms with van der Waals surface area (Å²) in [5, 5.41) is 10.7. The van der Waals surface area contributed by atoms with Crippen molar-refractivity contribution in [1.82, 2.24) is 0 Å². The highest BCUT2D eigenvalue weighted by atomic mass is 31.2. The fraction of sp³-hybridized carbons (Fsp3) is 0.953. The standard InChI is InChI=1S/C85H166O17P2/c1-6-9-12-15-18-21-24-27-29-31-32-33-35-41-46-51-56-61-66-71-85(90)102-81(75-96-83(88)69-64-59-54-49-44-39-37-36-38-42-47-52-57-62-67-78(4)5)77-100-104(93,94)98-73-79(86)72-97-103(91,92)99-76-80(74-95-82(87)68-63-58-53-48-43-26-23-20-17-14-11-8-3)101-84(89)70-65-60-55-50-45-40-34-30-28-25-22-19-16-13-10-7-2/h78-81,86H,6-77H2,1-5H3,(H,91,92)(H,93,94)/t79-,80+,81+/m0/s1. The van der Waals surface area contributed by atoms with Gasteiger partial charge >= 0.3 is 39.5 Å². The van der Waals surface area contributed by atoms with Crippen molar-refractivity contribution >= 4 is 39.5 Å². The van der Waals surface area contributed by atoms with Crippen molar-refractivity contribution in [3.63, 3.8) is 0 Å². The maximum atomic E-state index is 13.1. The Morgan fingerprint density at radius 3 is 0.654 bits per heavy atom. The van der Waals surface area contributed by atoms with Gasteiger partial charge in [-0.1, -0.05) is 407 Å². The van der Waals surface area contributed by atoms with Crippen molar-refractivity contribution in [3.8, 4) is 0 Å². The molecule has 0 heterocycles. The molecule has 19 heteroatoms. The number of carbonyl (C=O) groups excluding carboxylic acids is 4. The Kier molecular flexibility index (Phi) is 76.3. The van der Waals surface area contributed by atoms with Crippen molar-refractivity contribution in [1.29, 1.82) is 0 Å². The molecule has 0 rings (SSSR count). The molecule has 0 saturated heterocycles. The third kappa shape index (κ3) is 78.2. The fourth-order valence-corrected chi connectivity index (χ4v) is 14.9. The molecule has 0 aromatic heterocycles. The highest BCUT2D eigenvalue weighted by molar-refractivity contribution is 7.47. The van der Waals surface area contributed by atoms with Gasteiger partial charge in [0.1, 0.15) is 19.3 Å². The molecule has 0 saturated carbocycles. The molecule has 0 aliphatic carbocycles. The van der Waals surface area contributed by atoms with E-state index < -0.39 is 97.5 Å². The first kappa shape index (κ1) is 102. The summed E-state index contributed by atoms with van der Waals surface area (Å²) in [5.74, 6) is -1.30. The predicted molar refractivity (Wildman–Crippen MR) is 428 cm³/mol. The van der Waals surface area contributed by atoms with Crippen LogP contribution in [0, 0.1) is 5.92 Å². The zero-order chi connectivity index (χ0) is 76.2. The van der Waals surface area contributed by atoms with E-state index >= 15 is 0 Å². The molecule has 0 amide bonds. The van der Waals surface area contributed by atoms with Crippen LogP contribution in [0.25, 0.3) is 0 Å². The summed E-state index contributed by atoms with van der Waals surface area (Å²) >= 11 is 0. The van der Waals surface area contributed by atoms with Gasteiger partial charge in [-0.05, 0) is 31.6 Å². The maximum Gasteiger partial charge on any atom is 0.472 e. The second-order valence-corrected chi connectivity index (χ2v) is 34.0. The smallest absolute Gasteiger partial charge is 0.462 e. The van der Waals surface area contributed by atoms with Gasteiger partial charge in [-0.15, -0.1) is 0 Å². The van der Waals surface area contributed by atoms with Crippen molar-refractivity contribution in [2.45, 2.75) is 477 Å². The van der Waals surface area contributed by atoms with Gasteiger partial charge in [0.25, 0.3) is 0 Å². The quantitative estimate of drug-likeness (QED) is 0.0222. The summed E-state index contributed by atoms with van der Waals surface area (Å²) in [6.07, 6.45) is 70.6. The molecule has 618 valence electrons. The van der Waals surface area contributed by atoms with E-state index in [9.17, 15) is 43.2 Å². The lowest BCUT2D eigenvalue weighted by atomic mass is 10.0. The number of phosphoric acid groups is 2. The Balaban J connectivity index is 5.26. The average Bonchev–Trinajstić information content (AvgIpc) is 0.936. The third-order valence-corrected chi connectivity index (χ3v) is 21.9. The van der Waals surface area contributed by atoms with E-state index in [-0.39, 0.29) is 25.7 Å². The number of esters is 4. The van der Waals surface area contributed by atoms with E-state index in [4.69, 9.17) is 37.0 Å². The molecular weight excluding hydrogens is 1350 g/mol. The van der Waals surface area contributed by atoms with Crippen LogP contribution in [0.2, 0.25) is 0 Å². The molecule has 0 radical (unpaired) electrons. The zero-order valence-corrected chi connectivity index (χ0v) is 70.0. The number of hydrogen-bond acceptors (Lipinski definition) is 15. The van der Waals surface area contributed by atoms with E-state index in [0.29, 0.717) is 25.7 Å². The van der Waals surface area contributed by atoms with Crippen molar-refractivity contribution in [2.24, 2.45) is 5.92 Å². The third-order valence-electron chi connectivity index (χ3n) is 20.0. The number of rotatable bonds is 85. The molecule has 0 aliphatic rings. The number of carbonyl (C=O) groups is 4. The van der Waals surface area contributed by atoms with Crippen LogP contribution >= 0.6 is 15.6 Å². The zero-order valence-electron chi connectivity index (χ0n) is 68.2. The van der Waals surface area contributed by atoms with Crippen LogP contribution in [-0.4, -0.2) is 96.7 Å². The number of aliphatic hydroxyl groups excluding tert-OH is 1. The van der Waals surface area contributed by atoms with Crippen LogP contribution in [0.5, 0.6) is 0 Å². The van der Waals surface area contributed by atoms with Crippen LogP contribution < -0.4 is 0 Å². The van der Waals surface area contributed by atoms with Crippen molar-refractivity contribution in [3.05, 3.63) is 0 Å². The minimum Gasteiger partial charge on any atom is -0.462 e. The second kappa shape index (κ2) is 77.8. The van der Waals surface area contributed by atoms with Crippen molar-refractivity contribution in [2.75, 3.05) is 39.6 Å². The number of hydrogen-bond donors (Lipinski definition) is 3. The molecule has 0 aromatic rings. The van der Waals surface area contributed by atoms with Crippen LogP contribution in [0.1, 0.15) is 458 Å². The monoisotopic (exact) mass is 1520 g/mol. The maximum absolute atomic E-state index is 13.1. The van der Waals surface area contributed by atoms with Gasteiger partial charge in [0.15, 0.2) is 12.2 Å². The summed E-state index contributed by atoms with van der Waals surface area (Å²) in [7, 11) is -9.93. The molecule has 0 bridgehead atoms. The normalized spacial score (nSPS) is 13.8.